The number of hydrogen-bond acceptors (Lipinski definition) is 4. The Morgan fingerprint density at radius 3 is 2.26 bits per heavy atom. The van der Waals surface area contributed by atoms with E-state index in [1.807, 2.05) is 48.5 Å². The SMILES string of the molecule is COc1ccccc1/C=C1/CCC[C@@H]2C1=NN(C(=O)c1ccc(C(C)(C)C)cc1)[C@H]2c1ccccc1OC. The molecule has 0 saturated heterocycles. The van der Waals surface area contributed by atoms with E-state index in [-0.39, 0.29) is 23.3 Å². The summed E-state index contributed by atoms with van der Waals surface area (Å²) in [6, 6.07) is 23.7. The molecule has 0 bridgehead atoms. The predicted molar refractivity (Wildman–Crippen MR) is 153 cm³/mol. The van der Waals surface area contributed by atoms with Crippen molar-refractivity contribution in [1.29, 1.82) is 0 Å². The van der Waals surface area contributed by atoms with E-state index >= 15 is 0 Å². The van der Waals surface area contributed by atoms with Crippen molar-refractivity contribution in [2.24, 2.45) is 11.0 Å². The fourth-order valence-corrected chi connectivity index (χ4v) is 5.61. The number of ether oxygens (including phenoxy) is 2. The maximum Gasteiger partial charge on any atom is 0.274 e. The summed E-state index contributed by atoms with van der Waals surface area (Å²) in [6.07, 6.45) is 5.07. The first-order valence-corrected chi connectivity index (χ1v) is 13.3. The molecule has 1 heterocycles. The molecule has 3 aromatic rings. The number of benzene rings is 3. The summed E-state index contributed by atoms with van der Waals surface area (Å²) in [4.78, 5) is 14.0. The van der Waals surface area contributed by atoms with Crippen molar-refractivity contribution in [3.05, 3.63) is 101 Å². The Labute approximate surface area is 225 Å². The van der Waals surface area contributed by atoms with Gasteiger partial charge in [0.15, 0.2) is 0 Å². The number of hydrogen-bond donors (Lipinski definition) is 0. The first-order chi connectivity index (χ1) is 18.3. The van der Waals surface area contributed by atoms with Gasteiger partial charge in [-0.1, -0.05) is 69.3 Å². The summed E-state index contributed by atoms with van der Waals surface area (Å²) < 4.78 is 11.4. The van der Waals surface area contributed by atoms with Crippen molar-refractivity contribution < 1.29 is 14.3 Å². The minimum atomic E-state index is -0.239. The molecule has 196 valence electrons. The lowest BCUT2D eigenvalue weighted by Gasteiger charge is -2.30. The fourth-order valence-electron chi connectivity index (χ4n) is 5.61. The zero-order valence-corrected chi connectivity index (χ0v) is 22.9. The van der Waals surface area contributed by atoms with Gasteiger partial charge in [0, 0.05) is 22.6 Å². The Morgan fingerprint density at radius 1 is 0.921 bits per heavy atom. The molecule has 2 atom stereocenters. The number of amides is 1. The Balaban J connectivity index is 1.59. The molecule has 1 fully saturated rings. The van der Waals surface area contributed by atoms with Crippen LogP contribution in [-0.4, -0.2) is 30.8 Å². The topological polar surface area (TPSA) is 51.1 Å². The molecule has 5 heteroatoms. The van der Waals surface area contributed by atoms with Gasteiger partial charge >= 0.3 is 0 Å². The van der Waals surface area contributed by atoms with Crippen LogP contribution in [0.25, 0.3) is 6.08 Å². The van der Waals surface area contributed by atoms with Crippen LogP contribution in [0.3, 0.4) is 0 Å². The third-order valence-electron chi connectivity index (χ3n) is 7.63. The first kappa shape index (κ1) is 25.8. The number of para-hydroxylation sites is 2. The average molecular weight is 509 g/mol. The van der Waals surface area contributed by atoms with Crippen LogP contribution in [0.1, 0.15) is 73.1 Å². The number of carbonyl (C=O) groups is 1. The molecule has 38 heavy (non-hydrogen) atoms. The Hall–Kier alpha value is -3.86. The zero-order valence-electron chi connectivity index (χ0n) is 22.9. The lowest BCUT2D eigenvalue weighted by Crippen LogP contribution is -2.32. The largest absolute Gasteiger partial charge is 0.496 e. The second kappa shape index (κ2) is 10.5. The van der Waals surface area contributed by atoms with E-state index in [1.54, 1.807) is 19.2 Å². The van der Waals surface area contributed by atoms with Gasteiger partial charge in [-0.05, 0) is 66.2 Å². The van der Waals surface area contributed by atoms with Gasteiger partial charge in [0.2, 0.25) is 0 Å². The van der Waals surface area contributed by atoms with Gasteiger partial charge in [0.25, 0.3) is 5.91 Å². The van der Waals surface area contributed by atoms with Gasteiger partial charge in [-0.25, -0.2) is 5.01 Å². The number of allylic oxidation sites excluding steroid dienone is 1. The number of nitrogens with zero attached hydrogens (tertiary/aromatic N) is 2. The molecule has 2 aliphatic rings. The molecule has 0 radical (unpaired) electrons. The molecule has 1 aliphatic carbocycles. The van der Waals surface area contributed by atoms with E-state index in [2.05, 4.69) is 51.1 Å². The third-order valence-corrected chi connectivity index (χ3v) is 7.63. The minimum absolute atomic E-state index is 0.0164. The highest BCUT2D eigenvalue weighted by molar-refractivity contribution is 6.09. The van der Waals surface area contributed by atoms with Gasteiger partial charge < -0.3 is 9.47 Å². The average Bonchev–Trinajstić information content (AvgIpc) is 3.33. The molecule has 1 aliphatic heterocycles. The summed E-state index contributed by atoms with van der Waals surface area (Å²) in [6.45, 7) is 6.52. The summed E-state index contributed by atoms with van der Waals surface area (Å²) >= 11 is 0. The van der Waals surface area contributed by atoms with E-state index in [0.29, 0.717) is 5.56 Å². The van der Waals surface area contributed by atoms with Crippen LogP contribution in [0.15, 0.2) is 83.5 Å². The van der Waals surface area contributed by atoms with Gasteiger partial charge in [-0.3, -0.25) is 4.79 Å². The summed E-state index contributed by atoms with van der Waals surface area (Å²) in [5.41, 5.74) is 5.99. The van der Waals surface area contributed by atoms with Crippen LogP contribution in [0.5, 0.6) is 11.5 Å². The molecule has 5 nitrogen and oxygen atoms in total. The van der Waals surface area contributed by atoms with Crippen molar-refractivity contribution in [2.75, 3.05) is 14.2 Å². The predicted octanol–water partition coefficient (Wildman–Crippen LogP) is 7.44. The Bertz CT molecular complexity index is 1380. The number of carbonyl (C=O) groups excluding carboxylic acids is 1. The molecule has 3 aromatic carbocycles. The highest BCUT2D eigenvalue weighted by Crippen LogP contribution is 2.47. The second-order valence-electron chi connectivity index (χ2n) is 11.1. The van der Waals surface area contributed by atoms with E-state index in [1.165, 1.54) is 5.56 Å². The summed E-state index contributed by atoms with van der Waals surface area (Å²) in [5, 5.41) is 6.76. The lowest BCUT2D eigenvalue weighted by molar-refractivity contribution is 0.0678. The molecule has 0 unspecified atom stereocenters. The molecular weight excluding hydrogens is 472 g/mol. The smallest absolute Gasteiger partial charge is 0.274 e. The minimum Gasteiger partial charge on any atom is -0.496 e. The highest BCUT2D eigenvalue weighted by Gasteiger charge is 2.45. The Morgan fingerprint density at radius 2 is 1.58 bits per heavy atom. The third kappa shape index (κ3) is 4.85. The van der Waals surface area contributed by atoms with E-state index in [9.17, 15) is 4.79 Å². The van der Waals surface area contributed by atoms with Crippen LogP contribution in [0.4, 0.5) is 0 Å². The van der Waals surface area contributed by atoms with Gasteiger partial charge in [-0.2, -0.15) is 5.10 Å². The van der Waals surface area contributed by atoms with Gasteiger partial charge in [0.05, 0.1) is 26.0 Å². The molecule has 0 spiro atoms. The van der Waals surface area contributed by atoms with Crippen molar-refractivity contribution in [2.45, 2.75) is 51.5 Å². The standard InChI is InChI=1S/C33H36N2O3/c1-33(2,3)25-19-17-22(18-20-25)32(36)35-31(26-13-7-9-16-29(26)38-5)27-14-10-12-24(30(27)34-35)21-23-11-6-8-15-28(23)37-4/h6-9,11,13,15-21,27,31H,10,12,14H2,1-5H3/b24-21-/t27-,31+/m1/s1. The number of methoxy groups -OCH3 is 2. The van der Waals surface area contributed by atoms with Crippen molar-refractivity contribution in [1.82, 2.24) is 5.01 Å². The number of hydrazone groups is 1. The molecule has 5 rings (SSSR count). The number of rotatable bonds is 5. The van der Waals surface area contributed by atoms with Gasteiger partial charge in [0.1, 0.15) is 11.5 Å². The second-order valence-corrected chi connectivity index (χ2v) is 11.1. The van der Waals surface area contributed by atoms with E-state index in [0.717, 1.165) is 53.2 Å². The van der Waals surface area contributed by atoms with Crippen LogP contribution in [0.2, 0.25) is 0 Å². The van der Waals surface area contributed by atoms with Crippen LogP contribution >= 0.6 is 0 Å². The zero-order chi connectivity index (χ0) is 26.9. The molecular formula is C33H36N2O3. The van der Waals surface area contributed by atoms with Crippen LogP contribution < -0.4 is 9.47 Å². The fraction of sp³-hybridized carbons (Fsp3) is 0.333. The van der Waals surface area contributed by atoms with E-state index in [4.69, 9.17) is 14.6 Å². The molecule has 0 aromatic heterocycles. The van der Waals surface area contributed by atoms with Crippen LogP contribution in [-0.2, 0) is 5.41 Å². The van der Waals surface area contributed by atoms with Crippen molar-refractivity contribution in [3.63, 3.8) is 0 Å². The summed E-state index contributed by atoms with van der Waals surface area (Å²) in [5.74, 6) is 1.59. The molecule has 0 N–H and O–H groups in total. The lowest BCUT2D eigenvalue weighted by atomic mass is 9.77. The number of fused-ring (bicyclic) bond motifs is 1. The maximum atomic E-state index is 14.0. The molecule has 1 amide bonds. The van der Waals surface area contributed by atoms with Crippen molar-refractivity contribution >= 4 is 17.7 Å². The Kier molecular flexibility index (Phi) is 7.11. The van der Waals surface area contributed by atoms with Gasteiger partial charge in [-0.15, -0.1) is 0 Å². The highest BCUT2D eigenvalue weighted by atomic mass is 16.5. The quantitative estimate of drug-likeness (QED) is 0.360. The van der Waals surface area contributed by atoms with Crippen LogP contribution in [0, 0.1) is 5.92 Å². The maximum absolute atomic E-state index is 14.0. The first-order valence-electron chi connectivity index (χ1n) is 13.3. The molecule has 1 saturated carbocycles. The normalized spacial score (nSPS) is 20.2. The van der Waals surface area contributed by atoms with E-state index < -0.39 is 0 Å². The summed E-state index contributed by atoms with van der Waals surface area (Å²) in [7, 11) is 3.37. The van der Waals surface area contributed by atoms with Crippen molar-refractivity contribution in [3.8, 4) is 11.5 Å². The monoisotopic (exact) mass is 508 g/mol.